The smallest absolute Gasteiger partial charge is 0.169 e. The van der Waals surface area contributed by atoms with E-state index >= 15 is 0 Å². The van der Waals surface area contributed by atoms with Gasteiger partial charge in [-0.25, -0.2) is 0 Å². The predicted molar refractivity (Wildman–Crippen MR) is 104 cm³/mol. The van der Waals surface area contributed by atoms with Crippen molar-refractivity contribution < 1.29 is 9.59 Å². The van der Waals surface area contributed by atoms with Crippen molar-refractivity contribution in [1.29, 1.82) is 0 Å². The summed E-state index contributed by atoms with van der Waals surface area (Å²) in [5.41, 5.74) is 0. The van der Waals surface area contributed by atoms with Gasteiger partial charge in [-0.15, -0.1) is 11.3 Å². The van der Waals surface area contributed by atoms with E-state index in [1.54, 1.807) is 6.92 Å². The first kappa shape index (κ1) is 21.1. The fourth-order valence-corrected chi connectivity index (χ4v) is 4.18. The van der Waals surface area contributed by atoms with Gasteiger partial charge in [0.25, 0.3) is 0 Å². The van der Waals surface area contributed by atoms with Crippen molar-refractivity contribution in [3.8, 4) is 0 Å². The van der Waals surface area contributed by atoms with Crippen LogP contribution in [0.25, 0.3) is 0 Å². The van der Waals surface area contributed by atoms with Crippen LogP contribution in [0.1, 0.15) is 94.7 Å². The van der Waals surface area contributed by atoms with E-state index in [4.69, 9.17) is 0 Å². The van der Waals surface area contributed by atoms with Gasteiger partial charge in [0, 0.05) is 12.8 Å². The second kappa shape index (κ2) is 12.4. The van der Waals surface area contributed by atoms with Gasteiger partial charge in [-0.3, -0.25) is 9.59 Å². The second-order valence-electron chi connectivity index (χ2n) is 6.97. The first-order chi connectivity index (χ1) is 11.6. The molecule has 2 unspecified atom stereocenters. The van der Waals surface area contributed by atoms with Gasteiger partial charge in [-0.05, 0) is 43.0 Å². The van der Waals surface area contributed by atoms with Crippen LogP contribution in [0.15, 0.2) is 17.5 Å². The van der Waals surface area contributed by atoms with Crippen molar-refractivity contribution >= 4 is 22.9 Å². The van der Waals surface area contributed by atoms with Gasteiger partial charge < -0.3 is 0 Å². The number of rotatable bonds is 8. The van der Waals surface area contributed by atoms with Gasteiger partial charge in [-0.2, -0.15) is 0 Å². The molecular weight excluding hydrogens is 316 g/mol. The first-order valence-corrected chi connectivity index (χ1v) is 10.5. The minimum Gasteiger partial charge on any atom is -0.300 e. The summed E-state index contributed by atoms with van der Waals surface area (Å²) in [4.78, 5) is 23.1. The van der Waals surface area contributed by atoms with Crippen LogP contribution in [-0.4, -0.2) is 11.6 Å². The van der Waals surface area contributed by atoms with Crippen molar-refractivity contribution in [2.24, 2.45) is 11.8 Å². The lowest BCUT2D eigenvalue weighted by Crippen LogP contribution is -2.22. The molecular formula is C21H34O2S. The molecule has 0 bridgehead atoms. The Morgan fingerprint density at radius 3 is 2.33 bits per heavy atom. The van der Waals surface area contributed by atoms with E-state index in [0.717, 1.165) is 36.0 Å². The molecule has 2 nitrogen and oxygen atoms in total. The molecule has 0 N–H and O–H groups in total. The molecule has 1 aliphatic carbocycles. The van der Waals surface area contributed by atoms with Gasteiger partial charge in [0.1, 0.15) is 5.78 Å². The highest BCUT2D eigenvalue weighted by atomic mass is 32.1. The highest BCUT2D eigenvalue weighted by molar-refractivity contribution is 7.12. The van der Waals surface area contributed by atoms with Crippen molar-refractivity contribution in [3.05, 3.63) is 22.4 Å². The highest BCUT2D eigenvalue weighted by Gasteiger charge is 2.26. The lowest BCUT2D eigenvalue weighted by molar-refractivity contribution is -0.120. The summed E-state index contributed by atoms with van der Waals surface area (Å²) in [5.74, 6) is 2.24. The number of thiophene rings is 1. The van der Waals surface area contributed by atoms with Crippen LogP contribution in [0, 0.1) is 11.8 Å². The Morgan fingerprint density at radius 1 is 1.12 bits per heavy atom. The van der Waals surface area contributed by atoms with Crippen LogP contribution in [0.5, 0.6) is 0 Å². The summed E-state index contributed by atoms with van der Waals surface area (Å²) in [6.07, 6.45) is 12.1. The Labute approximate surface area is 152 Å². The monoisotopic (exact) mass is 350 g/mol. The van der Waals surface area contributed by atoms with Crippen molar-refractivity contribution in [1.82, 2.24) is 0 Å². The standard InChI is InChI=1S/C15H28O.C6H6OS/c1-3-5-9-13-10-6-7-11-14(13)12-15(16)8-4-2;1-5(7)6-3-2-4-8-6/h13-14H,3-12H2,1-2H3;2-4H,1H3. The van der Waals surface area contributed by atoms with E-state index in [1.807, 2.05) is 17.5 Å². The average molecular weight is 351 g/mol. The zero-order valence-electron chi connectivity index (χ0n) is 15.7. The van der Waals surface area contributed by atoms with E-state index in [1.165, 1.54) is 56.3 Å². The van der Waals surface area contributed by atoms with Crippen molar-refractivity contribution in [3.63, 3.8) is 0 Å². The molecule has 0 amide bonds. The SMILES string of the molecule is CC(=O)c1cccs1.CCCCC1CCCCC1CC(=O)CCC. The molecule has 2 rings (SSSR count). The second-order valence-corrected chi connectivity index (χ2v) is 7.92. The average Bonchev–Trinajstić information content (AvgIpc) is 3.10. The normalized spacial score (nSPS) is 20.1. The largest absolute Gasteiger partial charge is 0.300 e. The van der Waals surface area contributed by atoms with Crippen LogP contribution >= 0.6 is 11.3 Å². The quantitative estimate of drug-likeness (QED) is 0.489. The molecule has 24 heavy (non-hydrogen) atoms. The topological polar surface area (TPSA) is 34.1 Å². The Balaban J connectivity index is 0.000000300. The Morgan fingerprint density at radius 2 is 1.83 bits per heavy atom. The third-order valence-corrected chi connectivity index (χ3v) is 5.85. The summed E-state index contributed by atoms with van der Waals surface area (Å²) in [7, 11) is 0. The van der Waals surface area contributed by atoms with Gasteiger partial charge >= 0.3 is 0 Å². The van der Waals surface area contributed by atoms with Crippen LogP contribution in [-0.2, 0) is 4.79 Å². The van der Waals surface area contributed by atoms with Crippen molar-refractivity contribution in [2.75, 3.05) is 0 Å². The number of hydrogen-bond donors (Lipinski definition) is 0. The van der Waals surface area contributed by atoms with E-state index in [0.29, 0.717) is 5.78 Å². The molecule has 3 heteroatoms. The van der Waals surface area contributed by atoms with E-state index in [9.17, 15) is 9.59 Å². The molecule has 1 fully saturated rings. The minimum atomic E-state index is 0.153. The minimum absolute atomic E-state index is 0.153. The predicted octanol–water partition coefficient (Wildman–Crippen LogP) is 6.69. The third-order valence-electron chi connectivity index (χ3n) is 4.88. The molecule has 0 saturated heterocycles. The molecule has 1 heterocycles. The molecule has 0 aliphatic heterocycles. The molecule has 0 aromatic carbocycles. The maximum absolute atomic E-state index is 11.7. The van der Waals surface area contributed by atoms with Gasteiger partial charge in [-0.1, -0.05) is 58.4 Å². The van der Waals surface area contributed by atoms with Crippen LogP contribution in [0.2, 0.25) is 0 Å². The van der Waals surface area contributed by atoms with Gasteiger partial charge in [0.05, 0.1) is 4.88 Å². The molecule has 1 saturated carbocycles. The van der Waals surface area contributed by atoms with Crippen molar-refractivity contribution in [2.45, 2.75) is 85.0 Å². The Hall–Kier alpha value is -0.960. The van der Waals surface area contributed by atoms with E-state index in [2.05, 4.69) is 13.8 Å². The van der Waals surface area contributed by atoms with Crippen LogP contribution < -0.4 is 0 Å². The third kappa shape index (κ3) is 8.23. The first-order valence-electron chi connectivity index (χ1n) is 9.64. The summed E-state index contributed by atoms with van der Waals surface area (Å²) in [5, 5.41) is 1.90. The van der Waals surface area contributed by atoms with Crippen LogP contribution in [0.4, 0.5) is 0 Å². The fourth-order valence-electron chi connectivity index (χ4n) is 3.55. The zero-order chi connectivity index (χ0) is 17.8. The number of carbonyl (C=O) groups excluding carboxylic acids is 2. The Bertz CT molecular complexity index is 464. The molecule has 0 radical (unpaired) electrons. The van der Waals surface area contributed by atoms with E-state index < -0.39 is 0 Å². The number of ketones is 2. The molecule has 1 aromatic heterocycles. The lowest BCUT2D eigenvalue weighted by atomic mass is 9.74. The molecule has 1 aromatic rings. The summed E-state index contributed by atoms with van der Waals surface area (Å²) in [6, 6.07) is 3.70. The number of unbranched alkanes of at least 4 members (excludes halogenated alkanes) is 1. The maximum atomic E-state index is 11.7. The number of hydrogen-bond acceptors (Lipinski definition) is 3. The Kier molecular flexibility index (Phi) is 10.9. The summed E-state index contributed by atoms with van der Waals surface area (Å²) >= 11 is 1.48. The fraction of sp³-hybridized carbons (Fsp3) is 0.714. The number of Topliss-reactive ketones (excluding diaryl/α,β-unsaturated/α-hetero) is 2. The maximum Gasteiger partial charge on any atom is 0.169 e. The molecule has 0 spiro atoms. The highest BCUT2D eigenvalue weighted by Crippen LogP contribution is 2.35. The lowest BCUT2D eigenvalue weighted by Gasteiger charge is -2.31. The van der Waals surface area contributed by atoms with Gasteiger partial charge in [0.2, 0.25) is 0 Å². The molecule has 2 atom stereocenters. The summed E-state index contributed by atoms with van der Waals surface area (Å²) in [6.45, 7) is 5.94. The van der Waals surface area contributed by atoms with Crippen LogP contribution in [0.3, 0.4) is 0 Å². The zero-order valence-corrected chi connectivity index (χ0v) is 16.5. The summed E-state index contributed by atoms with van der Waals surface area (Å²) < 4.78 is 0. The molecule has 1 aliphatic rings. The number of carbonyl (C=O) groups is 2. The molecule has 136 valence electrons. The van der Waals surface area contributed by atoms with Gasteiger partial charge in [0.15, 0.2) is 5.78 Å². The van der Waals surface area contributed by atoms with E-state index in [-0.39, 0.29) is 5.78 Å².